The highest BCUT2D eigenvalue weighted by atomic mass is 79.9. The predicted molar refractivity (Wildman–Crippen MR) is 116 cm³/mol. The van der Waals surface area contributed by atoms with Gasteiger partial charge in [-0.25, -0.2) is 5.43 Å². The Kier molecular flexibility index (Phi) is 6.41. The van der Waals surface area contributed by atoms with Gasteiger partial charge >= 0.3 is 0 Å². The second-order valence-corrected chi connectivity index (χ2v) is 8.02. The van der Waals surface area contributed by atoms with E-state index in [2.05, 4.69) is 62.6 Å². The second kappa shape index (κ2) is 8.97. The summed E-state index contributed by atoms with van der Waals surface area (Å²) in [6.07, 6.45) is 1.05. The molecule has 0 bridgehead atoms. The van der Waals surface area contributed by atoms with Crippen molar-refractivity contribution in [3.05, 3.63) is 75.9 Å². The number of aromatic nitrogens is 2. The molecule has 2 aromatic carbocycles. The summed E-state index contributed by atoms with van der Waals surface area (Å²) in [7, 11) is 0. The number of aromatic amines is 1. The standard InChI is InChI=1S/C22H23BrN4O/c1-14(2)12-16-4-6-18(7-5-16)20-13-21(26-25-20)22(28)27-24-15(3)17-8-10-19(23)11-9-17/h4-11,13-14H,12H2,1-3H3,(H,25,26)(H,27,28)/b24-15-. The molecule has 0 saturated heterocycles. The summed E-state index contributed by atoms with van der Waals surface area (Å²) in [6, 6.07) is 17.8. The molecule has 28 heavy (non-hydrogen) atoms. The van der Waals surface area contributed by atoms with E-state index >= 15 is 0 Å². The molecule has 144 valence electrons. The van der Waals surface area contributed by atoms with Crippen LogP contribution in [0.4, 0.5) is 0 Å². The van der Waals surface area contributed by atoms with E-state index in [1.54, 1.807) is 6.07 Å². The molecule has 1 heterocycles. The first-order valence-electron chi connectivity index (χ1n) is 9.17. The number of halogens is 1. The Morgan fingerprint density at radius 1 is 1.14 bits per heavy atom. The van der Waals surface area contributed by atoms with Gasteiger partial charge in [-0.2, -0.15) is 10.2 Å². The number of carbonyl (C=O) groups is 1. The van der Waals surface area contributed by atoms with Crippen LogP contribution in [0.3, 0.4) is 0 Å². The van der Waals surface area contributed by atoms with Crippen molar-refractivity contribution < 1.29 is 4.79 Å². The van der Waals surface area contributed by atoms with Gasteiger partial charge in [0.25, 0.3) is 5.91 Å². The van der Waals surface area contributed by atoms with E-state index in [4.69, 9.17) is 0 Å². The largest absolute Gasteiger partial charge is 0.289 e. The van der Waals surface area contributed by atoms with Crippen molar-refractivity contribution in [3.63, 3.8) is 0 Å². The van der Waals surface area contributed by atoms with Crippen LogP contribution in [-0.2, 0) is 6.42 Å². The summed E-state index contributed by atoms with van der Waals surface area (Å²) in [6.45, 7) is 6.25. The number of hydrazone groups is 1. The second-order valence-electron chi connectivity index (χ2n) is 7.11. The number of carbonyl (C=O) groups excluding carboxylic acids is 1. The van der Waals surface area contributed by atoms with E-state index in [-0.39, 0.29) is 5.91 Å². The maximum Gasteiger partial charge on any atom is 0.289 e. The Bertz CT molecular complexity index is 973. The van der Waals surface area contributed by atoms with Crippen LogP contribution in [-0.4, -0.2) is 21.8 Å². The van der Waals surface area contributed by atoms with Crippen molar-refractivity contribution in [1.82, 2.24) is 15.6 Å². The Morgan fingerprint density at radius 3 is 2.46 bits per heavy atom. The van der Waals surface area contributed by atoms with Crippen molar-refractivity contribution in [2.24, 2.45) is 11.0 Å². The molecule has 0 atom stereocenters. The molecule has 0 fully saturated rings. The minimum atomic E-state index is -0.327. The number of H-pyrrole nitrogens is 1. The third kappa shape index (κ3) is 5.16. The molecule has 0 spiro atoms. The zero-order valence-corrected chi connectivity index (χ0v) is 17.7. The molecule has 3 rings (SSSR count). The number of nitrogens with one attached hydrogen (secondary N) is 2. The molecule has 0 unspecified atom stereocenters. The fourth-order valence-electron chi connectivity index (χ4n) is 2.82. The lowest BCUT2D eigenvalue weighted by atomic mass is 10.0. The quantitative estimate of drug-likeness (QED) is 0.410. The molecule has 2 N–H and O–H groups in total. The Balaban J connectivity index is 1.66. The molecule has 5 nitrogen and oxygen atoms in total. The van der Waals surface area contributed by atoms with Gasteiger partial charge in [-0.3, -0.25) is 9.89 Å². The number of amides is 1. The van der Waals surface area contributed by atoms with Crippen molar-refractivity contribution >= 4 is 27.5 Å². The maximum absolute atomic E-state index is 12.4. The molecule has 0 aliphatic carbocycles. The van der Waals surface area contributed by atoms with Gasteiger partial charge in [-0.1, -0.05) is 66.2 Å². The zero-order valence-electron chi connectivity index (χ0n) is 16.2. The SMILES string of the molecule is C/C(=N/NC(=O)c1cc(-c2ccc(CC(C)C)cc2)n[nH]1)c1ccc(Br)cc1. The summed E-state index contributed by atoms with van der Waals surface area (Å²) in [4.78, 5) is 12.4. The van der Waals surface area contributed by atoms with E-state index in [1.165, 1.54) is 5.56 Å². The fraction of sp³-hybridized carbons (Fsp3) is 0.227. The molecular weight excluding hydrogens is 416 g/mol. The first kappa shape index (κ1) is 20.0. The van der Waals surface area contributed by atoms with Gasteiger partial charge < -0.3 is 0 Å². The highest BCUT2D eigenvalue weighted by molar-refractivity contribution is 9.10. The van der Waals surface area contributed by atoms with Crippen LogP contribution in [0.2, 0.25) is 0 Å². The number of hydrogen-bond donors (Lipinski definition) is 2. The van der Waals surface area contributed by atoms with E-state index in [9.17, 15) is 4.79 Å². The van der Waals surface area contributed by atoms with Gasteiger partial charge in [0, 0.05) is 10.0 Å². The summed E-state index contributed by atoms with van der Waals surface area (Å²) >= 11 is 3.40. The van der Waals surface area contributed by atoms with Gasteiger partial charge in [0.2, 0.25) is 0 Å². The number of benzene rings is 2. The third-order valence-corrected chi connectivity index (χ3v) is 4.83. The summed E-state index contributed by atoms with van der Waals surface area (Å²) in [5, 5.41) is 11.2. The number of rotatable bonds is 6. The number of hydrogen-bond acceptors (Lipinski definition) is 3. The lowest BCUT2D eigenvalue weighted by Crippen LogP contribution is -2.19. The van der Waals surface area contributed by atoms with Gasteiger partial charge in [-0.15, -0.1) is 0 Å². The molecule has 3 aromatic rings. The maximum atomic E-state index is 12.4. The summed E-state index contributed by atoms with van der Waals surface area (Å²) < 4.78 is 0.996. The number of nitrogens with zero attached hydrogens (tertiary/aromatic N) is 2. The molecule has 6 heteroatoms. The highest BCUT2D eigenvalue weighted by Gasteiger charge is 2.11. The Morgan fingerprint density at radius 2 is 1.82 bits per heavy atom. The Labute approximate surface area is 173 Å². The molecule has 1 aromatic heterocycles. The van der Waals surface area contributed by atoms with E-state index in [1.807, 2.05) is 43.3 Å². The summed E-state index contributed by atoms with van der Waals surface area (Å²) in [5.41, 5.74) is 7.60. The highest BCUT2D eigenvalue weighted by Crippen LogP contribution is 2.19. The fourth-order valence-corrected chi connectivity index (χ4v) is 3.08. The lowest BCUT2D eigenvalue weighted by molar-refractivity contribution is 0.0950. The molecule has 1 amide bonds. The zero-order chi connectivity index (χ0) is 20.1. The monoisotopic (exact) mass is 438 g/mol. The molecule has 0 aliphatic rings. The minimum Gasteiger partial charge on any atom is -0.272 e. The van der Waals surface area contributed by atoms with E-state index < -0.39 is 0 Å². The van der Waals surface area contributed by atoms with Gasteiger partial charge in [0.15, 0.2) is 0 Å². The van der Waals surface area contributed by atoms with Gasteiger partial charge in [0.1, 0.15) is 5.69 Å². The normalized spacial score (nSPS) is 11.7. The molecule has 0 saturated carbocycles. The van der Waals surface area contributed by atoms with Crippen LogP contribution in [0.5, 0.6) is 0 Å². The van der Waals surface area contributed by atoms with Crippen molar-refractivity contribution in [2.75, 3.05) is 0 Å². The topological polar surface area (TPSA) is 70.1 Å². The van der Waals surface area contributed by atoms with Crippen LogP contribution in [0.25, 0.3) is 11.3 Å². The first-order valence-corrected chi connectivity index (χ1v) is 9.97. The van der Waals surface area contributed by atoms with Crippen LogP contribution < -0.4 is 5.43 Å². The van der Waals surface area contributed by atoms with Crippen LogP contribution >= 0.6 is 15.9 Å². The average Bonchev–Trinajstić information content (AvgIpc) is 3.17. The van der Waals surface area contributed by atoms with Crippen LogP contribution in [0, 0.1) is 5.92 Å². The van der Waals surface area contributed by atoms with Crippen LogP contribution in [0.15, 0.2) is 64.2 Å². The third-order valence-electron chi connectivity index (χ3n) is 4.30. The van der Waals surface area contributed by atoms with Crippen molar-refractivity contribution in [1.29, 1.82) is 0 Å². The smallest absolute Gasteiger partial charge is 0.272 e. The van der Waals surface area contributed by atoms with Crippen molar-refractivity contribution in [2.45, 2.75) is 27.2 Å². The lowest BCUT2D eigenvalue weighted by Gasteiger charge is -2.05. The van der Waals surface area contributed by atoms with Gasteiger partial charge in [-0.05, 0) is 48.6 Å². The molecular formula is C22H23BrN4O. The Hall–Kier alpha value is -2.73. The summed E-state index contributed by atoms with van der Waals surface area (Å²) in [5.74, 6) is 0.291. The average molecular weight is 439 g/mol. The van der Waals surface area contributed by atoms with Crippen molar-refractivity contribution in [3.8, 4) is 11.3 Å². The van der Waals surface area contributed by atoms with Crippen LogP contribution in [0.1, 0.15) is 42.4 Å². The first-order chi connectivity index (χ1) is 13.4. The van der Waals surface area contributed by atoms with Gasteiger partial charge in [0.05, 0.1) is 11.4 Å². The van der Waals surface area contributed by atoms with E-state index in [0.29, 0.717) is 11.6 Å². The molecule has 0 radical (unpaired) electrons. The molecule has 0 aliphatic heterocycles. The predicted octanol–water partition coefficient (Wildman–Crippen LogP) is 5.19. The minimum absolute atomic E-state index is 0.327. The van der Waals surface area contributed by atoms with E-state index in [0.717, 1.165) is 33.4 Å².